The molecule has 0 radical (unpaired) electrons. The van der Waals surface area contributed by atoms with Gasteiger partial charge >= 0.3 is 13.8 Å². The summed E-state index contributed by atoms with van der Waals surface area (Å²) in [6.07, 6.45) is 67.3. The average molecular weight is 1080 g/mol. The highest BCUT2D eigenvalue weighted by molar-refractivity contribution is 7.47. The summed E-state index contributed by atoms with van der Waals surface area (Å²) in [5.41, 5.74) is 0. The van der Waals surface area contributed by atoms with Crippen molar-refractivity contribution in [2.75, 3.05) is 40.9 Å². The van der Waals surface area contributed by atoms with Gasteiger partial charge in [-0.2, -0.15) is 0 Å². The minimum Gasteiger partial charge on any atom is -0.456 e. The van der Waals surface area contributed by atoms with Gasteiger partial charge in [0.25, 0.3) is 0 Å². The quantitative estimate of drug-likeness (QED) is 0.0205. The molecule has 0 aromatic carbocycles. The number of likely N-dealkylation sites (N-methyl/N-ethyl adjacent to an activating group) is 1. The van der Waals surface area contributed by atoms with Crippen molar-refractivity contribution in [2.24, 2.45) is 0 Å². The van der Waals surface area contributed by atoms with Crippen LogP contribution in [0.3, 0.4) is 0 Å². The lowest BCUT2D eigenvalue weighted by molar-refractivity contribution is -0.870. The van der Waals surface area contributed by atoms with E-state index >= 15 is 0 Å². The van der Waals surface area contributed by atoms with E-state index in [1.165, 1.54) is 218 Å². The maximum Gasteiger partial charge on any atom is 0.472 e. The van der Waals surface area contributed by atoms with E-state index < -0.39 is 20.0 Å². The molecule has 9 nitrogen and oxygen atoms in total. The van der Waals surface area contributed by atoms with Gasteiger partial charge in [0.15, 0.2) is 0 Å². The van der Waals surface area contributed by atoms with Gasteiger partial charge in [-0.15, -0.1) is 0 Å². The van der Waals surface area contributed by atoms with Crippen molar-refractivity contribution < 1.29 is 37.3 Å². The van der Waals surface area contributed by atoms with Crippen LogP contribution in [0.15, 0.2) is 36.5 Å². The first kappa shape index (κ1) is 73.2. The molecule has 10 heteroatoms. The molecular formula is C65H126N2O7P+. The SMILES string of the molecule is CCCCC/C=C\C/C=C\CCCCCCCCCCCCCCCCCCCC(=O)OC(/C=C\CCCCCCCCCCC)C(COP(=O)(O)OCC[N+](C)(C)C)NC(=O)CCCCCCCCCCCCC. The highest BCUT2D eigenvalue weighted by Gasteiger charge is 2.30. The van der Waals surface area contributed by atoms with Gasteiger partial charge in [-0.25, -0.2) is 4.57 Å². The Morgan fingerprint density at radius 1 is 0.467 bits per heavy atom. The molecule has 0 aliphatic carbocycles. The number of hydrogen-bond donors (Lipinski definition) is 2. The number of amides is 1. The molecule has 1 amide bonds. The van der Waals surface area contributed by atoms with Crippen molar-refractivity contribution in [2.45, 2.75) is 328 Å². The summed E-state index contributed by atoms with van der Waals surface area (Å²) in [6, 6.07) is -0.841. The number of unbranched alkanes of at least 4 members (excludes halogenated alkanes) is 39. The fourth-order valence-electron chi connectivity index (χ4n) is 9.56. The number of nitrogens with zero attached hydrogens (tertiary/aromatic N) is 1. The van der Waals surface area contributed by atoms with Gasteiger partial charge in [0.2, 0.25) is 5.91 Å². The largest absolute Gasteiger partial charge is 0.472 e. The van der Waals surface area contributed by atoms with Crippen LogP contribution in [0.5, 0.6) is 0 Å². The predicted octanol–water partition coefficient (Wildman–Crippen LogP) is 19.9. The number of nitrogens with one attached hydrogen (secondary N) is 1. The van der Waals surface area contributed by atoms with Gasteiger partial charge in [0.1, 0.15) is 19.3 Å². The molecule has 0 bridgehead atoms. The van der Waals surface area contributed by atoms with Crippen molar-refractivity contribution in [1.82, 2.24) is 5.32 Å². The zero-order valence-corrected chi connectivity index (χ0v) is 51.5. The Labute approximate surface area is 466 Å². The van der Waals surface area contributed by atoms with E-state index in [9.17, 15) is 19.0 Å². The first-order valence-corrected chi connectivity index (χ1v) is 33.8. The number of hydrogen-bond acceptors (Lipinski definition) is 6. The highest BCUT2D eigenvalue weighted by Crippen LogP contribution is 2.43. The summed E-state index contributed by atoms with van der Waals surface area (Å²) in [5, 5.41) is 3.05. The van der Waals surface area contributed by atoms with Crippen molar-refractivity contribution in [3.8, 4) is 0 Å². The monoisotopic (exact) mass is 1080 g/mol. The normalized spacial score (nSPS) is 13.9. The predicted molar refractivity (Wildman–Crippen MR) is 323 cm³/mol. The zero-order valence-electron chi connectivity index (χ0n) is 50.6. The molecule has 2 N–H and O–H groups in total. The maximum absolute atomic E-state index is 13.5. The Hall–Kier alpha value is -1.77. The lowest BCUT2D eigenvalue weighted by Gasteiger charge is -2.27. The van der Waals surface area contributed by atoms with Crippen LogP contribution in [0.25, 0.3) is 0 Å². The van der Waals surface area contributed by atoms with Gasteiger partial charge in [0.05, 0.1) is 33.8 Å². The van der Waals surface area contributed by atoms with Crippen LogP contribution in [0.1, 0.15) is 316 Å². The molecule has 0 rings (SSSR count). The second kappa shape index (κ2) is 55.5. The molecule has 0 fully saturated rings. The van der Waals surface area contributed by atoms with E-state index in [-0.39, 0.29) is 25.1 Å². The van der Waals surface area contributed by atoms with E-state index in [0.29, 0.717) is 23.9 Å². The Bertz CT molecular complexity index is 1380. The Kier molecular flexibility index (Phi) is 54.2. The van der Waals surface area contributed by atoms with Crippen molar-refractivity contribution in [3.05, 3.63) is 36.5 Å². The molecule has 3 atom stereocenters. The van der Waals surface area contributed by atoms with Crippen LogP contribution in [-0.4, -0.2) is 74.3 Å². The van der Waals surface area contributed by atoms with Gasteiger partial charge in [0, 0.05) is 12.8 Å². The van der Waals surface area contributed by atoms with E-state index in [2.05, 4.69) is 50.4 Å². The van der Waals surface area contributed by atoms with Gasteiger partial charge in [-0.3, -0.25) is 18.6 Å². The Balaban J connectivity index is 4.92. The Morgan fingerprint density at radius 2 is 0.813 bits per heavy atom. The smallest absolute Gasteiger partial charge is 0.456 e. The number of rotatable bonds is 59. The molecule has 0 aliphatic heterocycles. The van der Waals surface area contributed by atoms with E-state index in [1.807, 2.05) is 33.3 Å². The third-order valence-electron chi connectivity index (χ3n) is 14.6. The van der Waals surface area contributed by atoms with Crippen LogP contribution in [0, 0.1) is 0 Å². The minimum atomic E-state index is -4.44. The lowest BCUT2D eigenvalue weighted by atomic mass is 10.0. The van der Waals surface area contributed by atoms with Crippen LogP contribution in [0.4, 0.5) is 0 Å². The topological polar surface area (TPSA) is 111 Å². The number of carbonyl (C=O) groups excluding carboxylic acids is 2. The van der Waals surface area contributed by atoms with Crippen LogP contribution >= 0.6 is 7.82 Å². The molecule has 442 valence electrons. The first-order chi connectivity index (χ1) is 36.4. The molecule has 0 spiro atoms. The molecule has 0 saturated carbocycles. The number of esters is 1. The summed E-state index contributed by atoms with van der Waals surface area (Å²) >= 11 is 0. The fraction of sp³-hybridized carbons (Fsp3) is 0.877. The van der Waals surface area contributed by atoms with Gasteiger partial charge in [-0.05, 0) is 63.9 Å². The Morgan fingerprint density at radius 3 is 1.23 bits per heavy atom. The number of quaternary nitrogens is 1. The molecule has 0 aliphatic rings. The second-order valence-corrected chi connectivity index (χ2v) is 24.7. The summed E-state index contributed by atoms with van der Waals surface area (Å²) in [7, 11) is 1.51. The molecule has 3 unspecified atom stereocenters. The van der Waals surface area contributed by atoms with Crippen LogP contribution in [-0.2, 0) is 27.9 Å². The third kappa shape index (κ3) is 56.8. The average Bonchev–Trinajstić information content (AvgIpc) is 3.37. The fourth-order valence-corrected chi connectivity index (χ4v) is 10.3. The second-order valence-electron chi connectivity index (χ2n) is 23.3. The van der Waals surface area contributed by atoms with E-state index in [1.54, 1.807) is 0 Å². The first-order valence-electron chi connectivity index (χ1n) is 32.3. The third-order valence-corrected chi connectivity index (χ3v) is 15.6. The molecule has 0 heterocycles. The van der Waals surface area contributed by atoms with Crippen molar-refractivity contribution >= 4 is 19.7 Å². The molecular weight excluding hydrogens is 952 g/mol. The van der Waals surface area contributed by atoms with E-state index in [4.69, 9.17) is 13.8 Å². The lowest BCUT2D eigenvalue weighted by Crippen LogP contribution is -2.47. The van der Waals surface area contributed by atoms with Crippen LogP contribution < -0.4 is 5.32 Å². The molecule has 0 aromatic heterocycles. The van der Waals surface area contributed by atoms with Crippen LogP contribution in [0.2, 0.25) is 0 Å². The molecule has 75 heavy (non-hydrogen) atoms. The number of carbonyl (C=O) groups is 2. The minimum absolute atomic E-state index is 0.0434. The van der Waals surface area contributed by atoms with Gasteiger partial charge < -0.3 is 19.4 Å². The zero-order chi connectivity index (χ0) is 55.0. The van der Waals surface area contributed by atoms with Crippen molar-refractivity contribution in [3.63, 3.8) is 0 Å². The number of phosphoric ester groups is 1. The summed E-state index contributed by atoms with van der Waals surface area (Å²) in [4.78, 5) is 37.6. The number of ether oxygens (including phenoxy) is 1. The summed E-state index contributed by atoms with van der Waals surface area (Å²) < 4.78 is 30.7. The summed E-state index contributed by atoms with van der Waals surface area (Å²) in [6.45, 7) is 7.01. The van der Waals surface area contributed by atoms with Gasteiger partial charge in [-0.1, -0.05) is 276 Å². The summed E-state index contributed by atoms with van der Waals surface area (Å²) in [5.74, 6) is -0.492. The number of phosphoric acid groups is 1. The highest BCUT2D eigenvalue weighted by atomic mass is 31.2. The van der Waals surface area contributed by atoms with Crippen molar-refractivity contribution in [1.29, 1.82) is 0 Å². The standard InChI is InChI=1S/C65H125N2O7P/c1-7-10-13-16-19-22-25-26-27-28-29-30-31-32-33-34-35-36-37-38-39-40-43-46-49-52-55-58-65(69)74-63(56-53-50-47-44-41-23-20-17-14-11-8-2)62(61-73-75(70,71)72-60-59-67(4,5)6)66-64(68)57-54-51-48-45-42-24-21-18-15-12-9-3/h19,22,26-27,53,56,62-63H,7-18,20-21,23-25,28-52,54-55,57-61H2,1-6H3,(H-,66,68,70,71)/p+1/b22-19-,27-26-,56-53-. The molecule has 0 aromatic rings. The number of allylic oxidation sites excluding steroid dienone is 5. The van der Waals surface area contributed by atoms with E-state index in [0.717, 1.165) is 64.2 Å². The maximum atomic E-state index is 13.5. The molecule has 0 saturated heterocycles.